The number of nitrogens with zero attached hydrogens (tertiary/aromatic N) is 1. The molecular formula is C42H74N2O7P+. The Hall–Kier alpha value is -2.39. The summed E-state index contributed by atoms with van der Waals surface area (Å²) in [6, 6.07) is -0.911. The zero-order chi connectivity index (χ0) is 38.8. The van der Waals surface area contributed by atoms with Crippen molar-refractivity contribution in [1.29, 1.82) is 0 Å². The Morgan fingerprint density at radius 2 is 1.31 bits per heavy atom. The first-order valence-electron chi connectivity index (χ1n) is 19.8. The van der Waals surface area contributed by atoms with E-state index >= 15 is 0 Å². The maximum atomic E-state index is 12.8. The molecule has 1 unspecified atom stereocenters. The number of likely N-dealkylation sites (N-methyl/N-ethyl adjacent to an activating group) is 1. The van der Waals surface area contributed by atoms with Gasteiger partial charge in [-0.05, 0) is 63.9 Å². The van der Waals surface area contributed by atoms with E-state index in [0.29, 0.717) is 23.9 Å². The number of rotatable bonds is 34. The second kappa shape index (κ2) is 33.2. The standard InChI is InChI=1S/C42H73N2O7P/c1-6-8-10-11-12-13-14-17-20-23-26-30-34-41(46)40(38-51-52(48,49)50-37-36-44(3,4)5)43-42(47)35-31-27-24-21-18-15-16-19-22-25-29-33-39(45)32-28-9-7-2/h15-17,20-22,24-25,29-30,33-34,40-41,46H,6-14,18-19,23,26-28,31-32,35-38H2,1-5H3,(H-,43,47,48,49)/p+1/b16-15-,20-17-,24-21-,25-22-,33-29+,34-30+/t40-,41+/m0/s1. The Morgan fingerprint density at radius 3 is 2.04 bits per heavy atom. The summed E-state index contributed by atoms with van der Waals surface area (Å²) in [5.41, 5.74) is 0. The van der Waals surface area contributed by atoms with Crippen LogP contribution in [-0.4, -0.2) is 79.2 Å². The van der Waals surface area contributed by atoms with E-state index in [9.17, 15) is 24.2 Å². The van der Waals surface area contributed by atoms with Crippen LogP contribution in [0.4, 0.5) is 0 Å². The number of quaternary nitrogens is 1. The minimum Gasteiger partial charge on any atom is -0.387 e. The summed E-state index contributed by atoms with van der Waals surface area (Å²) in [5, 5.41) is 13.7. The highest BCUT2D eigenvalue weighted by molar-refractivity contribution is 7.47. The predicted octanol–water partition coefficient (Wildman–Crippen LogP) is 9.64. The lowest BCUT2D eigenvalue weighted by atomic mass is 10.1. The van der Waals surface area contributed by atoms with Gasteiger partial charge < -0.3 is 19.8 Å². The number of amides is 1. The highest BCUT2D eigenvalue weighted by atomic mass is 31.2. The predicted molar refractivity (Wildman–Crippen MR) is 217 cm³/mol. The Labute approximate surface area is 317 Å². The largest absolute Gasteiger partial charge is 0.472 e. The summed E-state index contributed by atoms with van der Waals surface area (Å²) in [4.78, 5) is 34.7. The number of aliphatic hydroxyl groups is 1. The summed E-state index contributed by atoms with van der Waals surface area (Å²) in [6.07, 6.45) is 39.6. The van der Waals surface area contributed by atoms with Crippen LogP contribution in [0.5, 0.6) is 0 Å². The fraction of sp³-hybridized carbons (Fsp3) is 0.667. The molecule has 0 aliphatic rings. The molecule has 0 aromatic rings. The molecule has 298 valence electrons. The molecule has 3 N–H and O–H groups in total. The van der Waals surface area contributed by atoms with Crippen molar-refractivity contribution in [3.05, 3.63) is 72.9 Å². The summed E-state index contributed by atoms with van der Waals surface area (Å²) < 4.78 is 23.4. The molecule has 0 saturated carbocycles. The highest BCUT2D eigenvalue weighted by Crippen LogP contribution is 2.43. The first kappa shape index (κ1) is 49.6. The van der Waals surface area contributed by atoms with Gasteiger partial charge in [0.15, 0.2) is 5.78 Å². The number of carbonyl (C=O) groups is 2. The highest BCUT2D eigenvalue weighted by Gasteiger charge is 2.27. The molecule has 0 heterocycles. The van der Waals surface area contributed by atoms with Gasteiger partial charge in [0.2, 0.25) is 5.91 Å². The first-order valence-corrected chi connectivity index (χ1v) is 21.3. The second-order valence-corrected chi connectivity index (χ2v) is 15.8. The Balaban J connectivity index is 4.72. The number of nitrogens with one attached hydrogen (secondary N) is 1. The van der Waals surface area contributed by atoms with Gasteiger partial charge in [0.1, 0.15) is 13.2 Å². The molecular weight excluding hydrogens is 675 g/mol. The lowest BCUT2D eigenvalue weighted by Crippen LogP contribution is -2.45. The maximum Gasteiger partial charge on any atom is 0.472 e. The van der Waals surface area contributed by atoms with Crippen molar-refractivity contribution in [3.8, 4) is 0 Å². The van der Waals surface area contributed by atoms with Crippen molar-refractivity contribution in [1.82, 2.24) is 5.32 Å². The van der Waals surface area contributed by atoms with Crippen molar-refractivity contribution in [2.24, 2.45) is 0 Å². The Bertz CT molecular complexity index is 1140. The summed E-state index contributed by atoms with van der Waals surface area (Å²) in [5.74, 6) is -0.0950. The van der Waals surface area contributed by atoms with Crippen LogP contribution in [0, 0.1) is 0 Å². The van der Waals surface area contributed by atoms with Gasteiger partial charge >= 0.3 is 7.82 Å². The van der Waals surface area contributed by atoms with Gasteiger partial charge in [0.05, 0.1) is 39.9 Å². The van der Waals surface area contributed by atoms with Gasteiger partial charge in [-0.3, -0.25) is 18.6 Å². The Morgan fingerprint density at radius 1 is 0.712 bits per heavy atom. The van der Waals surface area contributed by atoms with Gasteiger partial charge in [0.25, 0.3) is 0 Å². The quantitative estimate of drug-likeness (QED) is 0.0150. The molecule has 0 aliphatic heterocycles. The van der Waals surface area contributed by atoms with Crippen LogP contribution in [0.25, 0.3) is 0 Å². The topological polar surface area (TPSA) is 122 Å². The van der Waals surface area contributed by atoms with Crippen LogP contribution < -0.4 is 5.32 Å². The number of aliphatic hydroxyl groups excluding tert-OH is 1. The summed E-state index contributed by atoms with van der Waals surface area (Å²) in [6.45, 7) is 4.52. The van der Waals surface area contributed by atoms with Crippen LogP contribution in [0.1, 0.15) is 129 Å². The Kier molecular flexibility index (Phi) is 31.7. The number of phosphoric ester groups is 1. The van der Waals surface area contributed by atoms with Crippen LogP contribution in [0.15, 0.2) is 72.9 Å². The molecule has 0 radical (unpaired) electrons. The molecule has 0 rings (SSSR count). The third kappa shape index (κ3) is 34.7. The van der Waals surface area contributed by atoms with Gasteiger partial charge in [-0.15, -0.1) is 0 Å². The monoisotopic (exact) mass is 750 g/mol. The van der Waals surface area contributed by atoms with E-state index in [-0.39, 0.29) is 31.3 Å². The van der Waals surface area contributed by atoms with E-state index in [4.69, 9.17) is 9.05 Å². The molecule has 0 saturated heterocycles. The molecule has 0 aromatic heterocycles. The van der Waals surface area contributed by atoms with E-state index in [0.717, 1.165) is 57.8 Å². The minimum absolute atomic E-state index is 0.0313. The fourth-order valence-electron chi connectivity index (χ4n) is 4.88. The zero-order valence-corrected chi connectivity index (χ0v) is 34.2. The van der Waals surface area contributed by atoms with Crippen molar-refractivity contribution in [2.75, 3.05) is 40.9 Å². The minimum atomic E-state index is -4.37. The summed E-state index contributed by atoms with van der Waals surface area (Å²) >= 11 is 0. The van der Waals surface area contributed by atoms with Crippen LogP contribution in [-0.2, 0) is 23.2 Å². The van der Waals surface area contributed by atoms with Crippen molar-refractivity contribution in [3.63, 3.8) is 0 Å². The number of phosphoric acid groups is 1. The molecule has 1 amide bonds. The molecule has 10 heteroatoms. The van der Waals surface area contributed by atoms with Gasteiger partial charge in [0, 0.05) is 12.8 Å². The molecule has 0 bridgehead atoms. The molecule has 0 aliphatic carbocycles. The molecule has 0 aromatic carbocycles. The van der Waals surface area contributed by atoms with Crippen molar-refractivity contribution < 1.29 is 37.7 Å². The lowest BCUT2D eigenvalue weighted by Gasteiger charge is -2.25. The first-order chi connectivity index (χ1) is 24.9. The normalized spacial score (nSPS) is 15.2. The number of ketones is 1. The third-order valence-electron chi connectivity index (χ3n) is 8.13. The van der Waals surface area contributed by atoms with Crippen LogP contribution in [0.3, 0.4) is 0 Å². The number of carbonyl (C=O) groups excluding carboxylic acids is 2. The molecule has 0 fully saturated rings. The van der Waals surface area contributed by atoms with Crippen molar-refractivity contribution in [2.45, 2.75) is 142 Å². The van der Waals surface area contributed by atoms with Crippen LogP contribution in [0.2, 0.25) is 0 Å². The van der Waals surface area contributed by atoms with Gasteiger partial charge in [-0.1, -0.05) is 126 Å². The molecule has 9 nitrogen and oxygen atoms in total. The SMILES string of the molecule is CCCCCCCC/C=C\CC/C=C/[C@@H](O)[C@H](COP(=O)(O)OCC[N+](C)(C)C)NC(=O)CCC/C=C\C/C=C\C/C=C\C=C\C(=O)CCCCC. The molecule has 0 spiro atoms. The number of hydrogen-bond donors (Lipinski definition) is 3. The maximum absolute atomic E-state index is 12.8. The average Bonchev–Trinajstić information content (AvgIpc) is 3.08. The second-order valence-electron chi connectivity index (χ2n) is 14.3. The van der Waals surface area contributed by atoms with E-state index in [2.05, 4.69) is 49.5 Å². The lowest BCUT2D eigenvalue weighted by molar-refractivity contribution is -0.870. The average molecular weight is 750 g/mol. The van der Waals surface area contributed by atoms with E-state index < -0.39 is 20.0 Å². The van der Waals surface area contributed by atoms with Gasteiger partial charge in [-0.25, -0.2) is 4.57 Å². The molecule has 52 heavy (non-hydrogen) atoms. The number of hydrogen-bond acceptors (Lipinski definition) is 6. The number of allylic oxidation sites excluding steroid dienone is 11. The smallest absolute Gasteiger partial charge is 0.387 e. The fourth-order valence-corrected chi connectivity index (χ4v) is 5.62. The zero-order valence-electron chi connectivity index (χ0n) is 33.3. The third-order valence-corrected chi connectivity index (χ3v) is 9.11. The van der Waals surface area contributed by atoms with Crippen LogP contribution >= 0.6 is 7.82 Å². The number of unbranched alkanes of at least 4 members (excludes halogenated alkanes) is 10. The summed E-state index contributed by atoms with van der Waals surface area (Å²) in [7, 11) is 1.47. The molecule has 3 atom stereocenters. The van der Waals surface area contributed by atoms with E-state index in [1.54, 1.807) is 18.2 Å². The van der Waals surface area contributed by atoms with E-state index in [1.165, 1.54) is 38.5 Å². The van der Waals surface area contributed by atoms with Crippen molar-refractivity contribution >= 4 is 19.5 Å². The van der Waals surface area contributed by atoms with E-state index in [1.807, 2.05) is 45.4 Å². The van der Waals surface area contributed by atoms with Gasteiger partial charge in [-0.2, -0.15) is 0 Å².